The number of hydrogen-bond donors (Lipinski definition) is 1. The van der Waals surface area contributed by atoms with Crippen molar-refractivity contribution in [2.24, 2.45) is 0 Å². The van der Waals surface area contributed by atoms with E-state index in [4.69, 9.17) is 9.84 Å². The predicted octanol–water partition coefficient (Wildman–Crippen LogP) is 4.23. The summed E-state index contributed by atoms with van der Waals surface area (Å²) >= 11 is 0. The molecule has 0 aliphatic carbocycles. The zero-order chi connectivity index (χ0) is 16.2. The van der Waals surface area contributed by atoms with Gasteiger partial charge in [-0.15, -0.1) is 0 Å². The fraction of sp³-hybridized carbons (Fsp3) is 0.188. The van der Waals surface area contributed by atoms with E-state index < -0.39 is 17.7 Å². The third-order valence-electron chi connectivity index (χ3n) is 2.98. The molecule has 2 aromatic rings. The number of benzene rings is 2. The van der Waals surface area contributed by atoms with Crippen LogP contribution in [0, 0.1) is 0 Å². The minimum Gasteiger partial charge on any atom is -0.493 e. The summed E-state index contributed by atoms with van der Waals surface area (Å²) in [7, 11) is 0. The summed E-state index contributed by atoms with van der Waals surface area (Å²) in [5.41, 5.74) is -0.194. The zero-order valence-electron chi connectivity index (χ0n) is 11.4. The molecule has 0 saturated heterocycles. The van der Waals surface area contributed by atoms with Crippen LogP contribution in [-0.2, 0) is 11.0 Å². The van der Waals surface area contributed by atoms with Crippen molar-refractivity contribution in [2.75, 3.05) is 6.61 Å². The number of alkyl halides is 3. The molecule has 0 aromatic heterocycles. The predicted molar refractivity (Wildman–Crippen MR) is 74.6 cm³/mol. The van der Waals surface area contributed by atoms with Crippen molar-refractivity contribution in [2.45, 2.75) is 12.6 Å². The van der Waals surface area contributed by atoms with Crippen molar-refractivity contribution in [1.82, 2.24) is 0 Å². The van der Waals surface area contributed by atoms with Crippen LogP contribution < -0.4 is 4.74 Å². The molecule has 0 atom stereocenters. The second-order valence-corrected chi connectivity index (χ2v) is 4.56. The lowest BCUT2D eigenvalue weighted by Gasteiger charge is -2.13. The maximum Gasteiger partial charge on any atom is 0.417 e. The molecule has 0 aliphatic heterocycles. The Morgan fingerprint density at radius 2 is 1.68 bits per heavy atom. The molecular formula is C16H13F3O3. The van der Waals surface area contributed by atoms with E-state index in [2.05, 4.69) is 0 Å². The van der Waals surface area contributed by atoms with E-state index in [0.29, 0.717) is 11.3 Å². The van der Waals surface area contributed by atoms with Crippen LogP contribution in [0.3, 0.4) is 0 Å². The van der Waals surface area contributed by atoms with Gasteiger partial charge in [0.1, 0.15) is 5.75 Å². The number of carboxylic acids is 1. The van der Waals surface area contributed by atoms with E-state index in [1.807, 2.05) is 0 Å². The summed E-state index contributed by atoms with van der Waals surface area (Å²) in [6, 6.07) is 11.4. The van der Waals surface area contributed by atoms with Crippen molar-refractivity contribution in [3.8, 4) is 16.9 Å². The van der Waals surface area contributed by atoms with Gasteiger partial charge >= 0.3 is 12.1 Å². The van der Waals surface area contributed by atoms with E-state index >= 15 is 0 Å². The van der Waals surface area contributed by atoms with Crippen molar-refractivity contribution in [3.05, 3.63) is 54.1 Å². The number of carboxylic acid groups (broad SMARTS) is 1. The second kappa shape index (κ2) is 6.51. The van der Waals surface area contributed by atoms with Gasteiger partial charge in [0.25, 0.3) is 0 Å². The van der Waals surface area contributed by atoms with Gasteiger partial charge in [0.15, 0.2) is 0 Å². The highest BCUT2D eigenvalue weighted by Crippen LogP contribution is 2.37. The van der Waals surface area contributed by atoms with Gasteiger partial charge in [-0.05, 0) is 29.3 Å². The van der Waals surface area contributed by atoms with Gasteiger partial charge in [-0.1, -0.05) is 30.3 Å². The first-order valence-electron chi connectivity index (χ1n) is 6.49. The minimum atomic E-state index is -4.42. The average molecular weight is 310 g/mol. The van der Waals surface area contributed by atoms with Crippen LogP contribution >= 0.6 is 0 Å². The van der Waals surface area contributed by atoms with Crippen molar-refractivity contribution in [3.63, 3.8) is 0 Å². The van der Waals surface area contributed by atoms with Crippen LogP contribution in [0.4, 0.5) is 13.2 Å². The van der Waals surface area contributed by atoms with Gasteiger partial charge in [0, 0.05) is 0 Å². The number of aliphatic carboxylic acids is 1. The molecule has 1 N–H and O–H groups in total. The molecule has 2 aromatic carbocycles. The molecule has 22 heavy (non-hydrogen) atoms. The number of carbonyl (C=O) groups is 1. The normalized spacial score (nSPS) is 11.2. The molecule has 0 unspecified atom stereocenters. The molecule has 0 fully saturated rings. The molecule has 0 aliphatic rings. The molecule has 0 amide bonds. The Kier molecular flexibility index (Phi) is 4.70. The first kappa shape index (κ1) is 15.9. The van der Waals surface area contributed by atoms with Crippen LogP contribution in [-0.4, -0.2) is 17.7 Å². The Balaban J connectivity index is 2.19. The van der Waals surface area contributed by atoms with E-state index in [0.717, 1.165) is 6.07 Å². The second-order valence-electron chi connectivity index (χ2n) is 4.56. The molecule has 6 heteroatoms. The average Bonchev–Trinajstić information content (AvgIpc) is 2.47. The standard InChI is InChI=1S/C16H13F3O3/c17-16(18,19)14-4-2-1-3-13(14)11-5-7-12(8-6-11)22-10-9-15(20)21/h1-8H,9-10H2,(H,20,21). The molecule has 0 radical (unpaired) electrons. The molecule has 0 heterocycles. The molecule has 116 valence electrons. The van der Waals surface area contributed by atoms with Gasteiger partial charge in [-0.25, -0.2) is 0 Å². The van der Waals surface area contributed by atoms with Gasteiger partial charge in [0.2, 0.25) is 0 Å². The number of rotatable bonds is 5. The van der Waals surface area contributed by atoms with Crippen LogP contribution in [0.15, 0.2) is 48.5 Å². The number of ether oxygens (including phenoxy) is 1. The highest BCUT2D eigenvalue weighted by Gasteiger charge is 2.33. The quantitative estimate of drug-likeness (QED) is 0.899. The first-order valence-corrected chi connectivity index (χ1v) is 6.49. The number of halogens is 3. The third-order valence-corrected chi connectivity index (χ3v) is 2.98. The van der Waals surface area contributed by atoms with Crippen LogP contribution in [0.1, 0.15) is 12.0 Å². The maximum absolute atomic E-state index is 13.0. The van der Waals surface area contributed by atoms with Crippen LogP contribution in [0.25, 0.3) is 11.1 Å². The minimum absolute atomic E-state index is 0.00776. The SMILES string of the molecule is O=C(O)CCOc1ccc(-c2ccccc2C(F)(F)F)cc1. The Labute approximate surface area is 125 Å². The lowest BCUT2D eigenvalue weighted by molar-refractivity contribution is -0.138. The highest BCUT2D eigenvalue weighted by atomic mass is 19.4. The highest BCUT2D eigenvalue weighted by molar-refractivity contribution is 5.68. The summed E-state index contributed by atoms with van der Waals surface area (Å²) in [5.74, 6) is -0.565. The van der Waals surface area contributed by atoms with E-state index in [9.17, 15) is 18.0 Å². The Bertz CT molecular complexity index is 648. The lowest BCUT2D eigenvalue weighted by atomic mass is 9.99. The zero-order valence-corrected chi connectivity index (χ0v) is 11.4. The topological polar surface area (TPSA) is 46.5 Å². The first-order chi connectivity index (χ1) is 10.4. The molecule has 0 saturated carbocycles. The van der Waals surface area contributed by atoms with Crippen LogP contribution in [0.5, 0.6) is 5.75 Å². The Morgan fingerprint density at radius 3 is 2.27 bits per heavy atom. The smallest absolute Gasteiger partial charge is 0.417 e. The summed E-state index contributed by atoms with van der Waals surface area (Å²) < 4.78 is 44.1. The monoisotopic (exact) mass is 310 g/mol. The summed E-state index contributed by atoms with van der Waals surface area (Å²) in [4.78, 5) is 10.4. The Morgan fingerprint density at radius 1 is 1.05 bits per heavy atom. The van der Waals surface area contributed by atoms with E-state index in [-0.39, 0.29) is 18.6 Å². The summed E-state index contributed by atoms with van der Waals surface area (Å²) in [6.07, 6.45) is -4.56. The third kappa shape index (κ3) is 4.00. The van der Waals surface area contributed by atoms with Gasteiger partial charge < -0.3 is 9.84 Å². The van der Waals surface area contributed by atoms with Gasteiger partial charge in [-0.2, -0.15) is 13.2 Å². The van der Waals surface area contributed by atoms with E-state index in [1.165, 1.54) is 36.4 Å². The molecule has 3 nitrogen and oxygen atoms in total. The van der Waals surface area contributed by atoms with E-state index in [1.54, 1.807) is 6.07 Å². The molecule has 0 spiro atoms. The summed E-state index contributed by atoms with van der Waals surface area (Å²) in [6.45, 7) is 0.00776. The molecule has 0 bridgehead atoms. The van der Waals surface area contributed by atoms with Gasteiger partial charge in [0.05, 0.1) is 18.6 Å². The molecule has 2 rings (SSSR count). The fourth-order valence-electron chi connectivity index (χ4n) is 1.97. The molecular weight excluding hydrogens is 297 g/mol. The van der Waals surface area contributed by atoms with Crippen LogP contribution in [0.2, 0.25) is 0 Å². The fourth-order valence-corrected chi connectivity index (χ4v) is 1.97. The Hall–Kier alpha value is -2.50. The maximum atomic E-state index is 13.0. The number of hydrogen-bond acceptors (Lipinski definition) is 2. The largest absolute Gasteiger partial charge is 0.493 e. The van der Waals surface area contributed by atoms with Gasteiger partial charge in [-0.3, -0.25) is 4.79 Å². The van der Waals surface area contributed by atoms with Crippen molar-refractivity contribution in [1.29, 1.82) is 0 Å². The van der Waals surface area contributed by atoms with Crippen molar-refractivity contribution < 1.29 is 27.8 Å². The lowest BCUT2D eigenvalue weighted by Crippen LogP contribution is -2.07. The van der Waals surface area contributed by atoms with Crippen molar-refractivity contribution >= 4 is 5.97 Å². The summed E-state index contributed by atoms with van der Waals surface area (Å²) in [5, 5.41) is 8.50.